The van der Waals surface area contributed by atoms with Crippen LogP contribution in [0, 0.1) is 0 Å². The van der Waals surface area contributed by atoms with Crippen molar-refractivity contribution in [2.45, 2.75) is 23.5 Å². The Morgan fingerprint density at radius 3 is 2.33 bits per heavy atom. The second kappa shape index (κ2) is 11.7. The normalized spacial score (nSPS) is 11.3. The number of carbonyl (C=O) groups excluding carboxylic acids is 2. The molecule has 8 nitrogen and oxygen atoms in total. The van der Waals surface area contributed by atoms with E-state index in [4.69, 9.17) is 5.11 Å². The number of rotatable bonds is 8. The summed E-state index contributed by atoms with van der Waals surface area (Å²) < 4.78 is 40.1. The molecule has 13 heteroatoms. The Morgan fingerprint density at radius 1 is 1.00 bits per heavy atom. The first-order chi connectivity index (χ1) is 18.5. The molecule has 0 aliphatic rings. The number of aliphatic carboxylic acids is 1. The van der Waals surface area contributed by atoms with Crippen molar-refractivity contribution in [1.82, 2.24) is 10.3 Å². The summed E-state index contributed by atoms with van der Waals surface area (Å²) in [6.07, 6.45) is -4.70. The first-order valence-electron chi connectivity index (χ1n) is 11.4. The summed E-state index contributed by atoms with van der Waals surface area (Å²) >= 11 is 5.60. The van der Waals surface area contributed by atoms with Crippen molar-refractivity contribution in [1.29, 1.82) is 0 Å². The van der Waals surface area contributed by atoms with Crippen LogP contribution in [-0.4, -0.2) is 34.5 Å². The number of carboxylic acids is 1. The minimum Gasteiger partial charge on any atom is -0.481 e. The minimum absolute atomic E-state index is 0.0120. The van der Waals surface area contributed by atoms with E-state index in [0.717, 1.165) is 16.8 Å². The number of hydrogen-bond acceptors (Lipinski definition) is 6. The van der Waals surface area contributed by atoms with Gasteiger partial charge in [0.1, 0.15) is 4.34 Å². The van der Waals surface area contributed by atoms with E-state index in [-0.39, 0.29) is 25.2 Å². The molecule has 0 bridgehead atoms. The van der Waals surface area contributed by atoms with Crippen LogP contribution in [0.25, 0.3) is 10.2 Å². The Kier molecular flexibility index (Phi) is 8.41. The number of thiol groups is 1. The average molecular weight is 575 g/mol. The van der Waals surface area contributed by atoms with Crippen LogP contribution in [0.2, 0.25) is 0 Å². The predicted molar refractivity (Wildman–Crippen MR) is 145 cm³/mol. The molecule has 0 radical (unpaired) electrons. The van der Waals surface area contributed by atoms with Gasteiger partial charge in [0.25, 0.3) is 5.91 Å². The second-order valence-electron chi connectivity index (χ2n) is 8.34. The molecule has 0 spiro atoms. The van der Waals surface area contributed by atoms with Crippen LogP contribution < -0.4 is 15.5 Å². The largest absolute Gasteiger partial charge is 0.481 e. The van der Waals surface area contributed by atoms with Gasteiger partial charge in [0, 0.05) is 23.5 Å². The van der Waals surface area contributed by atoms with Gasteiger partial charge in [-0.2, -0.15) is 13.2 Å². The summed E-state index contributed by atoms with van der Waals surface area (Å²) in [4.78, 5) is 41.9. The van der Waals surface area contributed by atoms with E-state index in [2.05, 4.69) is 28.2 Å². The number of nitrogens with one attached hydrogen (secondary N) is 2. The Hall–Kier alpha value is -4.10. The number of carbonyl (C=O) groups is 3. The maximum absolute atomic E-state index is 13.3. The van der Waals surface area contributed by atoms with Gasteiger partial charge in [-0.05, 0) is 60.2 Å². The molecule has 0 atom stereocenters. The summed E-state index contributed by atoms with van der Waals surface area (Å²) in [5.41, 5.74) is 1.55. The summed E-state index contributed by atoms with van der Waals surface area (Å²) in [6, 6.07) is 15.2. The van der Waals surface area contributed by atoms with Crippen molar-refractivity contribution in [2.24, 2.45) is 0 Å². The lowest BCUT2D eigenvalue weighted by Crippen LogP contribution is -2.34. The minimum atomic E-state index is -4.50. The van der Waals surface area contributed by atoms with Gasteiger partial charge in [0.15, 0.2) is 0 Å². The zero-order valence-corrected chi connectivity index (χ0v) is 21.7. The molecule has 3 amide bonds. The van der Waals surface area contributed by atoms with Crippen molar-refractivity contribution in [3.05, 3.63) is 83.4 Å². The summed E-state index contributed by atoms with van der Waals surface area (Å²) in [5.74, 6) is -1.46. The average Bonchev–Trinajstić information content (AvgIpc) is 3.26. The van der Waals surface area contributed by atoms with E-state index in [0.29, 0.717) is 26.7 Å². The molecule has 39 heavy (non-hydrogen) atoms. The molecular weight excluding hydrogens is 553 g/mol. The van der Waals surface area contributed by atoms with Gasteiger partial charge in [0.2, 0.25) is 0 Å². The Bertz CT molecular complexity index is 1510. The number of thiazole rings is 1. The highest BCUT2D eigenvalue weighted by molar-refractivity contribution is 7.82. The zero-order valence-electron chi connectivity index (χ0n) is 20.0. The van der Waals surface area contributed by atoms with Gasteiger partial charge < -0.3 is 15.7 Å². The third-order valence-electron chi connectivity index (χ3n) is 5.56. The van der Waals surface area contributed by atoms with Gasteiger partial charge in [-0.15, -0.1) is 24.0 Å². The quantitative estimate of drug-likeness (QED) is 0.192. The Balaban J connectivity index is 1.56. The van der Waals surface area contributed by atoms with Crippen LogP contribution in [0.5, 0.6) is 0 Å². The maximum atomic E-state index is 13.3. The number of benzene rings is 3. The highest BCUT2D eigenvalue weighted by atomic mass is 32.2. The zero-order chi connectivity index (χ0) is 28.2. The molecule has 3 N–H and O–H groups in total. The highest BCUT2D eigenvalue weighted by Crippen LogP contribution is 2.31. The molecule has 1 aromatic heterocycles. The number of nitrogens with zero attached hydrogens (tertiary/aromatic N) is 2. The van der Waals surface area contributed by atoms with Crippen LogP contribution in [0.4, 0.5) is 29.3 Å². The van der Waals surface area contributed by atoms with Crippen molar-refractivity contribution in [3.8, 4) is 0 Å². The van der Waals surface area contributed by atoms with Crippen molar-refractivity contribution < 1.29 is 32.7 Å². The number of carboxylic acid groups (broad SMARTS) is 1. The number of halogens is 3. The lowest BCUT2D eigenvalue weighted by atomic mass is 10.1. The second-order valence-corrected chi connectivity index (χ2v) is 10.1. The first kappa shape index (κ1) is 27.9. The SMILES string of the molecule is O=C(O)CCNC(=O)c1ccc(CN(C(=O)Nc2ccc(C(F)(F)F)cc2)c2ccc3nc(S)sc3c2)cc1. The number of hydrogen-bond donors (Lipinski definition) is 4. The van der Waals surface area contributed by atoms with Crippen molar-refractivity contribution >= 4 is 63.5 Å². The number of alkyl halides is 3. The predicted octanol–water partition coefficient (Wildman–Crippen LogP) is 6.05. The van der Waals surface area contributed by atoms with Gasteiger partial charge in [0.05, 0.1) is 28.7 Å². The fraction of sp³-hybridized carbons (Fsp3) is 0.154. The van der Waals surface area contributed by atoms with E-state index in [1.165, 1.54) is 28.4 Å². The summed E-state index contributed by atoms with van der Waals surface area (Å²) in [6.45, 7) is 0.0628. The number of amides is 3. The standard InChI is InChI=1S/C26H21F3N4O4S2/c27-26(28,29)17-5-7-18(8-6-17)31-24(37)33(19-9-10-20-21(13-19)39-25(38)32-20)14-15-1-3-16(4-2-15)23(36)30-12-11-22(34)35/h1-10,13H,11-12,14H2,(H,30,36)(H,31,37)(H,32,38)(H,34,35). The fourth-order valence-corrected chi connectivity index (χ4v) is 4.75. The molecule has 4 aromatic rings. The van der Waals surface area contributed by atoms with E-state index in [1.54, 1.807) is 42.5 Å². The third-order valence-corrected chi connectivity index (χ3v) is 6.76. The monoisotopic (exact) mass is 574 g/mol. The van der Waals surface area contributed by atoms with Crippen LogP contribution in [0.1, 0.15) is 27.9 Å². The molecular formula is C26H21F3N4O4S2. The molecule has 202 valence electrons. The molecule has 0 aliphatic heterocycles. The van der Waals surface area contributed by atoms with Crippen molar-refractivity contribution in [2.75, 3.05) is 16.8 Å². The number of anilines is 2. The lowest BCUT2D eigenvalue weighted by Gasteiger charge is -2.24. The van der Waals surface area contributed by atoms with Gasteiger partial charge >= 0.3 is 18.2 Å². The van der Waals surface area contributed by atoms with E-state index in [9.17, 15) is 27.6 Å². The van der Waals surface area contributed by atoms with Crippen LogP contribution in [-0.2, 0) is 17.5 Å². The molecule has 0 aliphatic carbocycles. The third kappa shape index (κ3) is 7.27. The van der Waals surface area contributed by atoms with Gasteiger partial charge in [-0.25, -0.2) is 9.78 Å². The first-order valence-corrected chi connectivity index (χ1v) is 12.7. The van der Waals surface area contributed by atoms with Crippen LogP contribution >= 0.6 is 24.0 Å². The van der Waals surface area contributed by atoms with Crippen LogP contribution in [0.3, 0.4) is 0 Å². The molecule has 3 aromatic carbocycles. The van der Waals surface area contributed by atoms with Crippen molar-refractivity contribution in [3.63, 3.8) is 0 Å². The van der Waals surface area contributed by atoms with Gasteiger partial charge in [-0.1, -0.05) is 12.1 Å². The Morgan fingerprint density at radius 2 is 1.69 bits per heavy atom. The highest BCUT2D eigenvalue weighted by Gasteiger charge is 2.30. The van der Waals surface area contributed by atoms with Crippen LogP contribution in [0.15, 0.2) is 71.1 Å². The number of urea groups is 1. The smallest absolute Gasteiger partial charge is 0.416 e. The summed E-state index contributed by atoms with van der Waals surface area (Å²) in [7, 11) is 0. The molecule has 1 heterocycles. The van der Waals surface area contributed by atoms with Gasteiger partial charge in [-0.3, -0.25) is 14.5 Å². The number of fused-ring (bicyclic) bond motifs is 1. The molecule has 0 saturated heterocycles. The maximum Gasteiger partial charge on any atom is 0.416 e. The molecule has 0 fully saturated rings. The van der Waals surface area contributed by atoms with E-state index in [1.807, 2.05) is 0 Å². The van der Waals surface area contributed by atoms with E-state index >= 15 is 0 Å². The number of aromatic nitrogens is 1. The Labute approximate surface area is 229 Å². The lowest BCUT2D eigenvalue weighted by molar-refractivity contribution is -0.138. The topological polar surface area (TPSA) is 112 Å². The molecule has 0 saturated carbocycles. The van der Waals surface area contributed by atoms with E-state index < -0.39 is 29.6 Å². The fourth-order valence-electron chi connectivity index (χ4n) is 3.61. The molecule has 0 unspecified atom stereocenters. The summed E-state index contributed by atoms with van der Waals surface area (Å²) in [5, 5.41) is 13.9. The molecule has 4 rings (SSSR count).